The minimum absolute atomic E-state index is 0.170. The van der Waals surface area contributed by atoms with Gasteiger partial charge in [0.2, 0.25) is 0 Å². The molecule has 1 atom stereocenters. The zero-order valence-electron chi connectivity index (χ0n) is 12.9. The number of hydrogen-bond donors (Lipinski definition) is 2. The molecule has 0 unspecified atom stereocenters. The first-order valence-electron chi connectivity index (χ1n) is 7.60. The van der Waals surface area contributed by atoms with Gasteiger partial charge in [-0.2, -0.15) is 0 Å². The number of rotatable bonds is 3. The van der Waals surface area contributed by atoms with Gasteiger partial charge in [0, 0.05) is 12.6 Å². The van der Waals surface area contributed by atoms with Gasteiger partial charge in [0.05, 0.1) is 19.3 Å². The number of hydrogen-bond acceptors (Lipinski definition) is 4. The molecule has 6 nitrogen and oxygen atoms in total. The Labute approximate surface area is 134 Å². The highest BCUT2D eigenvalue weighted by molar-refractivity contribution is 5.88. The maximum atomic E-state index is 12.0. The van der Waals surface area contributed by atoms with Crippen LogP contribution in [0.4, 0.5) is 10.6 Å². The van der Waals surface area contributed by atoms with Gasteiger partial charge >= 0.3 is 6.03 Å². The summed E-state index contributed by atoms with van der Waals surface area (Å²) in [6.07, 6.45) is 2.49. The number of carbonyl (C=O) groups excluding carboxylic acids is 1. The van der Waals surface area contributed by atoms with Gasteiger partial charge in [-0.25, -0.2) is 9.78 Å². The van der Waals surface area contributed by atoms with Crippen LogP contribution >= 0.6 is 0 Å². The molecule has 120 valence electrons. The summed E-state index contributed by atoms with van der Waals surface area (Å²) in [5.74, 6) is 1.98. The number of ether oxygens (including phenoxy) is 2. The maximum Gasteiger partial charge on any atom is 0.320 e. The van der Waals surface area contributed by atoms with Crippen LogP contribution in [0, 0.1) is 0 Å². The minimum Gasteiger partial charge on any atom is -0.490 e. The molecule has 0 saturated heterocycles. The summed E-state index contributed by atoms with van der Waals surface area (Å²) in [4.78, 5) is 16.1. The average Bonchev–Trinajstić information content (AvgIpc) is 2.80. The molecule has 0 spiro atoms. The molecule has 1 aromatic heterocycles. The number of urea groups is 1. The van der Waals surface area contributed by atoms with E-state index in [1.807, 2.05) is 31.2 Å². The lowest BCUT2D eigenvalue weighted by atomic mass is 10.1. The molecule has 0 bridgehead atoms. The van der Waals surface area contributed by atoms with Crippen molar-refractivity contribution in [3.05, 3.63) is 48.2 Å². The van der Waals surface area contributed by atoms with Crippen LogP contribution in [0.3, 0.4) is 0 Å². The van der Waals surface area contributed by atoms with Crippen LogP contribution in [0.5, 0.6) is 11.5 Å². The van der Waals surface area contributed by atoms with Crippen LogP contribution in [0.25, 0.3) is 0 Å². The van der Waals surface area contributed by atoms with Crippen LogP contribution in [-0.2, 0) is 0 Å². The Kier molecular flexibility index (Phi) is 4.61. The van der Waals surface area contributed by atoms with Crippen LogP contribution in [0.15, 0.2) is 42.6 Å². The van der Waals surface area contributed by atoms with Crippen molar-refractivity contribution >= 4 is 11.8 Å². The highest BCUT2D eigenvalue weighted by atomic mass is 16.5. The molecule has 0 fully saturated rings. The largest absolute Gasteiger partial charge is 0.490 e. The summed E-state index contributed by atoms with van der Waals surface area (Å²) in [5, 5.41) is 5.58. The number of nitrogens with one attached hydrogen (secondary N) is 2. The van der Waals surface area contributed by atoms with E-state index < -0.39 is 0 Å². The molecule has 0 aliphatic carbocycles. The van der Waals surface area contributed by atoms with Crippen molar-refractivity contribution in [1.82, 2.24) is 10.3 Å². The second-order valence-corrected chi connectivity index (χ2v) is 5.29. The average molecular weight is 313 g/mol. The van der Waals surface area contributed by atoms with E-state index in [0.29, 0.717) is 19.0 Å². The number of fused-ring (bicyclic) bond motifs is 1. The van der Waals surface area contributed by atoms with Crippen LogP contribution < -0.4 is 20.1 Å². The number of nitrogens with zero attached hydrogens (tertiary/aromatic N) is 1. The molecule has 3 rings (SSSR count). The predicted molar refractivity (Wildman–Crippen MR) is 86.9 cm³/mol. The Morgan fingerprint density at radius 1 is 1.17 bits per heavy atom. The molecule has 6 heteroatoms. The van der Waals surface area contributed by atoms with Crippen molar-refractivity contribution in [3.63, 3.8) is 0 Å². The monoisotopic (exact) mass is 313 g/mol. The SMILES string of the molecule is C[C@@H](NC(=O)Nc1ccccn1)c1ccc2c(c1)OCCCO2. The van der Waals surface area contributed by atoms with Crippen molar-refractivity contribution in [3.8, 4) is 11.5 Å². The Bertz CT molecular complexity index is 676. The lowest BCUT2D eigenvalue weighted by Gasteiger charge is -2.16. The van der Waals surface area contributed by atoms with Gasteiger partial charge in [-0.3, -0.25) is 5.32 Å². The fourth-order valence-corrected chi connectivity index (χ4v) is 2.32. The first kappa shape index (κ1) is 15.1. The van der Waals surface area contributed by atoms with E-state index >= 15 is 0 Å². The molecule has 0 radical (unpaired) electrons. The van der Waals surface area contributed by atoms with Gasteiger partial charge in [-0.1, -0.05) is 12.1 Å². The van der Waals surface area contributed by atoms with Crippen molar-refractivity contribution < 1.29 is 14.3 Å². The third-order valence-corrected chi connectivity index (χ3v) is 3.53. The number of aromatic nitrogens is 1. The normalized spacial score (nSPS) is 14.5. The fraction of sp³-hybridized carbons (Fsp3) is 0.294. The van der Waals surface area contributed by atoms with Crippen LogP contribution in [-0.4, -0.2) is 24.2 Å². The standard InChI is InChI=1S/C17H19N3O3/c1-12(19-17(21)20-16-5-2-3-8-18-16)13-6-7-14-15(11-13)23-10-4-9-22-14/h2-3,5-8,11-12H,4,9-10H2,1H3,(H2,18,19,20,21)/t12-/m1/s1. The molecule has 2 N–H and O–H groups in total. The zero-order valence-corrected chi connectivity index (χ0v) is 12.9. The maximum absolute atomic E-state index is 12.0. The van der Waals surface area contributed by atoms with E-state index in [0.717, 1.165) is 23.5 Å². The molecule has 1 aliphatic heterocycles. The molecule has 2 heterocycles. The van der Waals surface area contributed by atoms with Crippen molar-refractivity contribution in [2.24, 2.45) is 0 Å². The summed E-state index contributed by atoms with van der Waals surface area (Å²) in [7, 11) is 0. The molecule has 23 heavy (non-hydrogen) atoms. The molecule has 2 amide bonds. The van der Waals surface area contributed by atoms with Gasteiger partial charge in [0.25, 0.3) is 0 Å². The highest BCUT2D eigenvalue weighted by Gasteiger charge is 2.15. The predicted octanol–water partition coefficient (Wildman–Crippen LogP) is 3.13. The second-order valence-electron chi connectivity index (χ2n) is 5.29. The third-order valence-electron chi connectivity index (χ3n) is 3.53. The molecule has 2 aromatic rings. The Morgan fingerprint density at radius 3 is 2.78 bits per heavy atom. The first-order valence-corrected chi connectivity index (χ1v) is 7.60. The Balaban J connectivity index is 1.65. The third kappa shape index (κ3) is 3.91. The summed E-state index contributed by atoms with van der Waals surface area (Å²) >= 11 is 0. The smallest absolute Gasteiger partial charge is 0.320 e. The highest BCUT2D eigenvalue weighted by Crippen LogP contribution is 2.32. The van der Waals surface area contributed by atoms with Crippen LogP contribution in [0.2, 0.25) is 0 Å². The minimum atomic E-state index is -0.302. The van der Waals surface area contributed by atoms with Crippen molar-refractivity contribution in [1.29, 1.82) is 0 Å². The fourth-order valence-electron chi connectivity index (χ4n) is 2.32. The Morgan fingerprint density at radius 2 is 2.00 bits per heavy atom. The number of anilines is 1. The molecule has 1 aliphatic rings. The Hall–Kier alpha value is -2.76. The van der Waals surface area contributed by atoms with E-state index in [-0.39, 0.29) is 12.1 Å². The lowest BCUT2D eigenvalue weighted by molar-refractivity contribution is 0.249. The van der Waals surface area contributed by atoms with E-state index in [2.05, 4.69) is 15.6 Å². The first-order chi connectivity index (χ1) is 11.2. The van der Waals surface area contributed by atoms with E-state index in [9.17, 15) is 4.79 Å². The molecule has 1 aromatic carbocycles. The lowest BCUT2D eigenvalue weighted by Crippen LogP contribution is -2.31. The van der Waals surface area contributed by atoms with Gasteiger partial charge < -0.3 is 14.8 Å². The summed E-state index contributed by atoms with van der Waals surface area (Å²) in [6.45, 7) is 3.21. The second kappa shape index (κ2) is 7.00. The number of pyridine rings is 1. The molecular weight excluding hydrogens is 294 g/mol. The molecular formula is C17H19N3O3. The van der Waals surface area contributed by atoms with Gasteiger partial charge in [-0.15, -0.1) is 0 Å². The zero-order chi connectivity index (χ0) is 16.1. The van der Waals surface area contributed by atoms with Crippen molar-refractivity contribution in [2.75, 3.05) is 18.5 Å². The number of benzene rings is 1. The van der Waals surface area contributed by atoms with E-state index in [1.165, 1.54) is 0 Å². The summed E-state index contributed by atoms with van der Waals surface area (Å²) < 4.78 is 11.3. The van der Waals surface area contributed by atoms with Gasteiger partial charge in [0.1, 0.15) is 5.82 Å². The van der Waals surface area contributed by atoms with Gasteiger partial charge in [-0.05, 0) is 36.8 Å². The summed E-state index contributed by atoms with van der Waals surface area (Å²) in [6, 6.07) is 10.6. The molecule has 0 saturated carbocycles. The van der Waals surface area contributed by atoms with E-state index in [1.54, 1.807) is 18.3 Å². The van der Waals surface area contributed by atoms with E-state index in [4.69, 9.17) is 9.47 Å². The number of carbonyl (C=O) groups is 1. The van der Waals surface area contributed by atoms with Crippen LogP contribution in [0.1, 0.15) is 24.9 Å². The van der Waals surface area contributed by atoms with Gasteiger partial charge in [0.15, 0.2) is 11.5 Å². The quantitative estimate of drug-likeness (QED) is 0.913. The van der Waals surface area contributed by atoms with Crippen molar-refractivity contribution in [2.45, 2.75) is 19.4 Å². The topological polar surface area (TPSA) is 72.5 Å². The number of amides is 2. The summed E-state index contributed by atoms with van der Waals surface area (Å²) in [5.41, 5.74) is 0.949.